The van der Waals surface area contributed by atoms with E-state index in [1.807, 2.05) is 0 Å². The molecule has 1 aliphatic carbocycles. The highest BCUT2D eigenvalue weighted by Crippen LogP contribution is 2.26. The molecule has 0 aromatic rings. The summed E-state index contributed by atoms with van der Waals surface area (Å²) in [5, 5.41) is 6.06. The molecule has 1 fully saturated rings. The number of amides is 1. The molecule has 1 atom stereocenters. The Morgan fingerprint density at radius 1 is 1.50 bits per heavy atom. The largest absolute Gasteiger partial charge is 0.385 e. The number of methoxy groups -OCH3 is 1. The minimum absolute atomic E-state index is 0.0624. The molecular formula is C13H27N3O2. The first-order valence-electron chi connectivity index (χ1n) is 6.83. The lowest BCUT2D eigenvalue weighted by Gasteiger charge is -2.24. The van der Waals surface area contributed by atoms with Gasteiger partial charge in [-0.1, -0.05) is 0 Å². The van der Waals surface area contributed by atoms with Gasteiger partial charge in [0.25, 0.3) is 0 Å². The Hall–Kier alpha value is -0.650. The van der Waals surface area contributed by atoms with Crippen LogP contribution in [0.15, 0.2) is 0 Å². The lowest BCUT2D eigenvalue weighted by Crippen LogP contribution is -2.42. The average molecular weight is 257 g/mol. The molecule has 5 heteroatoms. The van der Waals surface area contributed by atoms with Gasteiger partial charge in [-0.15, -0.1) is 0 Å². The van der Waals surface area contributed by atoms with Crippen LogP contribution in [0.2, 0.25) is 0 Å². The second-order valence-corrected chi connectivity index (χ2v) is 5.07. The van der Waals surface area contributed by atoms with Crippen molar-refractivity contribution in [2.24, 2.45) is 0 Å². The van der Waals surface area contributed by atoms with Crippen molar-refractivity contribution in [3.8, 4) is 0 Å². The summed E-state index contributed by atoms with van der Waals surface area (Å²) >= 11 is 0. The van der Waals surface area contributed by atoms with Crippen molar-refractivity contribution in [3.05, 3.63) is 0 Å². The van der Waals surface area contributed by atoms with Crippen molar-refractivity contribution < 1.29 is 9.53 Å². The summed E-state index contributed by atoms with van der Waals surface area (Å²) < 4.78 is 4.92. The third-order valence-electron chi connectivity index (χ3n) is 3.39. The second-order valence-electron chi connectivity index (χ2n) is 5.07. The third kappa shape index (κ3) is 6.33. The summed E-state index contributed by atoms with van der Waals surface area (Å²) in [6.07, 6.45) is 3.50. The Balaban J connectivity index is 1.97. The van der Waals surface area contributed by atoms with Crippen LogP contribution >= 0.6 is 0 Å². The van der Waals surface area contributed by atoms with Crippen LogP contribution in [0.5, 0.6) is 0 Å². The predicted octanol–water partition coefficient (Wildman–Crippen LogP) is 0.211. The van der Waals surface area contributed by atoms with Crippen molar-refractivity contribution in [1.82, 2.24) is 15.5 Å². The quantitative estimate of drug-likeness (QED) is 0.549. The van der Waals surface area contributed by atoms with Gasteiger partial charge in [-0.2, -0.15) is 0 Å². The van der Waals surface area contributed by atoms with Crippen LogP contribution in [-0.4, -0.2) is 63.3 Å². The molecule has 0 heterocycles. The normalized spacial score (nSPS) is 16.9. The van der Waals surface area contributed by atoms with Gasteiger partial charge in [-0.05, 0) is 33.2 Å². The number of nitrogens with zero attached hydrogens (tertiary/aromatic N) is 1. The minimum atomic E-state index is 0.0624. The number of hydrogen-bond acceptors (Lipinski definition) is 4. The van der Waals surface area contributed by atoms with E-state index in [0.717, 1.165) is 19.0 Å². The van der Waals surface area contributed by atoms with E-state index < -0.39 is 0 Å². The van der Waals surface area contributed by atoms with E-state index in [1.54, 1.807) is 7.11 Å². The minimum Gasteiger partial charge on any atom is -0.385 e. The lowest BCUT2D eigenvalue weighted by molar-refractivity contribution is -0.120. The van der Waals surface area contributed by atoms with Gasteiger partial charge < -0.3 is 15.4 Å². The zero-order valence-corrected chi connectivity index (χ0v) is 11.9. The van der Waals surface area contributed by atoms with Gasteiger partial charge >= 0.3 is 0 Å². The highest BCUT2D eigenvalue weighted by atomic mass is 16.5. The van der Waals surface area contributed by atoms with Gasteiger partial charge in [0.1, 0.15) is 0 Å². The Morgan fingerprint density at radius 3 is 2.83 bits per heavy atom. The molecule has 0 radical (unpaired) electrons. The predicted molar refractivity (Wildman–Crippen MR) is 72.6 cm³/mol. The van der Waals surface area contributed by atoms with Crippen molar-refractivity contribution >= 4 is 5.91 Å². The molecule has 18 heavy (non-hydrogen) atoms. The first-order valence-corrected chi connectivity index (χ1v) is 6.83. The summed E-state index contributed by atoms with van der Waals surface area (Å²) in [6, 6.07) is 1.25. The monoisotopic (exact) mass is 257 g/mol. The molecule has 1 amide bonds. The van der Waals surface area contributed by atoms with Gasteiger partial charge in [0.05, 0.1) is 6.54 Å². The summed E-state index contributed by atoms with van der Waals surface area (Å²) in [7, 11) is 3.83. The molecular weight excluding hydrogens is 230 g/mol. The van der Waals surface area contributed by atoms with E-state index in [4.69, 9.17) is 4.74 Å². The summed E-state index contributed by atoms with van der Waals surface area (Å²) in [6.45, 7) is 4.83. The van der Waals surface area contributed by atoms with E-state index in [-0.39, 0.29) is 5.91 Å². The van der Waals surface area contributed by atoms with Gasteiger partial charge in [0.15, 0.2) is 0 Å². The van der Waals surface area contributed by atoms with Crippen LogP contribution < -0.4 is 10.6 Å². The Labute approximate surface area is 110 Å². The van der Waals surface area contributed by atoms with Crippen LogP contribution in [0.1, 0.15) is 26.2 Å². The van der Waals surface area contributed by atoms with E-state index >= 15 is 0 Å². The number of carbonyl (C=O) groups excluding carboxylic acids is 1. The SMILES string of the molecule is COCCCNC(=O)CNCC(C)N(C)C1CC1. The lowest BCUT2D eigenvalue weighted by atomic mass is 10.3. The number of hydrogen-bond donors (Lipinski definition) is 2. The molecule has 1 rings (SSSR count). The van der Waals surface area contributed by atoms with Crippen LogP contribution in [0.25, 0.3) is 0 Å². The summed E-state index contributed by atoms with van der Waals surface area (Å²) in [4.78, 5) is 13.9. The molecule has 106 valence electrons. The van der Waals surface area contributed by atoms with Gasteiger partial charge in [0.2, 0.25) is 5.91 Å². The van der Waals surface area contributed by atoms with Crippen LogP contribution in [0.4, 0.5) is 0 Å². The average Bonchev–Trinajstić information content (AvgIpc) is 3.17. The number of nitrogens with one attached hydrogen (secondary N) is 2. The molecule has 0 spiro atoms. The molecule has 1 unspecified atom stereocenters. The van der Waals surface area contributed by atoms with Crippen molar-refractivity contribution in [2.75, 3.05) is 40.4 Å². The van der Waals surface area contributed by atoms with Crippen LogP contribution in [0.3, 0.4) is 0 Å². The topological polar surface area (TPSA) is 53.6 Å². The van der Waals surface area contributed by atoms with E-state index in [0.29, 0.717) is 25.7 Å². The number of carbonyl (C=O) groups is 1. The maximum Gasteiger partial charge on any atom is 0.233 e. The molecule has 0 aromatic carbocycles. The highest BCUT2D eigenvalue weighted by Gasteiger charge is 2.28. The first-order chi connectivity index (χ1) is 8.65. The Morgan fingerprint density at radius 2 is 2.22 bits per heavy atom. The molecule has 0 bridgehead atoms. The fourth-order valence-corrected chi connectivity index (χ4v) is 1.89. The number of ether oxygens (including phenoxy) is 1. The fraction of sp³-hybridized carbons (Fsp3) is 0.923. The van der Waals surface area contributed by atoms with Crippen molar-refractivity contribution in [1.29, 1.82) is 0 Å². The smallest absolute Gasteiger partial charge is 0.233 e. The zero-order valence-electron chi connectivity index (χ0n) is 11.9. The molecule has 1 saturated carbocycles. The zero-order chi connectivity index (χ0) is 13.4. The number of rotatable bonds is 10. The molecule has 1 aliphatic rings. The molecule has 2 N–H and O–H groups in total. The summed E-state index contributed by atoms with van der Waals surface area (Å²) in [5.41, 5.74) is 0. The van der Waals surface area contributed by atoms with Crippen molar-refractivity contribution in [3.63, 3.8) is 0 Å². The molecule has 0 aromatic heterocycles. The van der Waals surface area contributed by atoms with E-state index in [2.05, 4.69) is 29.5 Å². The van der Waals surface area contributed by atoms with E-state index in [1.165, 1.54) is 12.8 Å². The van der Waals surface area contributed by atoms with Gasteiger partial charge in [-0.25, -0.2) is 0 Å². The maximum atomic E-state index is 11.5. The maximum absolute atomic E-state index is 11.5. The van der Waals surface area contributed by atoms with E-state index in [9.17, 15) is 4.79 Å². The Bertz CT molecular complexity index is 244. The molecule has 0 saturated heterocycles. The van der Waals surface area contributed by atoms with Crippen molar-refractivity contribution in [2.45, 2.75) is 38.3 Å². The Kier molecular flexibility index (Phi) is 7.23. The fourth-order valence-electron chi connectivity index (χ4n) is 1.89. The van der Waals surface area contributed by atoms with Gasteiger partial charge in [-0.3, -0.25) is 9.69 Å². The second kappa shape index (κ2) is 8.45. The van der Waals surface area contributed by atoms with Crippen LogP contribution in [-0.2, 0) is 9.53 Å². The van der Waals surface area contributed by atoms with Crippen LogP contribution in [0, 0.1) is 0 Å². The third-order valence-corrected chi connectivity index (χ3v) is 3.39. The molecule has 0 aliphatic heterocycles. The van der Waals surface area contributed by atoms with Gasteiger partial charge in [0, 0.05) is 38.9 Å². The molecule has 5 nitrogen and oxygen atoms in total. The highest BCUT2D eigenvalue weighted by molar-refractivity contribution is 5.77. The summed E-state index contributed by atoms with van der Waals surface area (Å²) in [5.74, 6) is 0.0624. The first kappa shape index (κ1) is 15.4. The standard InChI is InChI=1S/C13H27N3O2/c1-11(16(2)12-5-6-12)9-14-10-13(17)15-7-4-8-18-3/h11-12,14H,4-10H2,1-3H3,(H,15,17). The number of likely N-dealkylation sites (N-methyl/N-ethyl adjacent to an activating group) is 1.